The lowest BCUT2D eigenvalue weighted by molar-refractivity contribution is -0.0733. The Labute approximate surface area is 194 Å². The van der Waals surface area contributed by atoms with Crippen molar-refractivity contribution >= 4 is 11.9 Å². The fraction of sp³-hybridized carbons (Fsp3) is 0.250. The third kappa shape index (κ3) is 4.17. The van der Waals surface area contributed by atoms with Gasteiger partial charge in [0.25, 0.3) is 0 Å². The highest BCUT2D eigenvalue weighted by molar-refractivity contribution is 5.97. The van der Waals surface area contributed by atoms with Crippen molar-refractivity contribution in [1.82, 2.24) is 20.0 Å². The first-order valence-corrected chi connectivity index (χ1v) is 10.7. The second-order valence-corrected chi connectivity index (χ2v) is 8.01. The van der Waals surface area contributed by atoms with Crippen LogP contribution in [0.2, 0.25) is 0 Å². The summed E-state index contributed by atoms with van der Waals surface area (Å²) in [5, 5.41) is 1.83. The smallest absolute Gasteiger partial charge is 0.194 e. The molecule has 1 fully saturated rings. The van der Waals surface area contributed by atoms with Crippen LogP contribution in [0.1, 0.15) is 22.9 Å². The number of nitrogens with zero attached hydrogens (tertiary/aromatic N) is 4. The van der Waals surface area contributed by atoms with E-state index in [-0.39, 0.29) is 5.56 Å². The lowest BCUT2D eigenvalue weighted by Gasteiger charge is -2.34. The van der Waals surface area contributed by atoms with Crippen molar-refractivity contribution < 1.29 is 22.6 Å². The van der Waals surface area contributed by atoms with E-state index in [0.29, 0.717) is 24.7 Å². The molecule has 3 heterocycles. The number of fused-ring (bicyclic) bond motifs is 1. The summed E-state index contributed by atoms with van der Waals surface area (Å²) in [6, 6.07) is 7.69. The number of benzene rings is 2. The van der Waals surface area contributed by atoms with Crippen LogP contribution >= 0.6 is 0 Å². The largest absolute Gasteiger partial charge is 0.495 e. The molecule has 1 N–H and O–H groups in total. The first-order chi connectivity index (χ1) is 16.4. The number of nitrogens with one attached hydrogen (secondary N) is 1. The number of hydrazine groups is 1. The molecule has 1 unspecified atom stereocenters. The average Bonchev–Trinajstić information content (AvgIpc) is 3.46. The van der Waals surface area contributed by atoms with E-state index in [1.54, 1.807) is 19.5 Å². The van der Waals surface area contributed by atoms with Crippen molar-refractivity contribution in [1.29, 1.82) is 0 Å². The van der Waals surface area contributed by atoms with Crippen LogP contribution in [0.3, 0.4) is 0 Å². The summed E-state index contributed by atoms with van der Waals surface area (Å²) in [4.78, 5) is 8.86. The quantitative estimate of drug-likeness (QED) is 0.574. The van der Waals surface area contributed by atoms with Crippen molar-refractivity contribution in [2.24, 2.45) is 4.99 Å². The van der Waals surface area contributed by atoms with Gasteiger partial charge < -0.3 is 19.5 Å². The minimum atomic E-state index is -1.50. The van der Waals surface area contributed by atoms with E-state index in [9.17, 15) is 13.2 Å². The Balaban J connectivity index is 1.37. The molecule has 1 aromatic heterocycles. The van der Waals surface area contributed by atoms with Gasteiger partial charge in [0.15, 0.2) is 23.6 Å². The van der Waals surface area contributed by atoms with Crippen molar-refractivity contribution in [3.8, 4) is 11.4 Å². The van der Waals surface area contributed by atoms with Gasteiger partial charge in [-0.3, -0.25) is 0 Å². The summed E-state index contributed by atoms with van der Waals surface area (Å²) < 4.78 is 54.1. The molecule has 7 nitrogen and oxygen atoms in total. The highest BCUT2D eigenvalue weighted by Gasteiger charge is 2.38. The van der Waals surface area contributed by atoms with Crippen LogP contribution in [-0.2, 0) is 4.74 Å². The SMILES string of the molecule is COc1cc(/C=C/C2=NC3[C@@H](c4cc(F)c(F)c(F)c4)OCCN3N2)ccc1-n1cnc(C)c1. The highest BCUT2D eigenvalue weighted by atomic mass is 19.2. The zero-order chi connectivity index (χ0) is 23.8. The minimum Gasteiger partial charge on any atom is -0.495 e. The number of amidine groups is 1. The first kappa shape index (κ1) is 22.2. The zero-order valence-electron chi connectivity index (χ0n) is 18.5. The fourth-order valence-corrected chi connectivity index (χ4v) is 4.07. The Hall–Kier alpha value is -3.63. The Morgan fingerprint density at radius 3 is 2.65 bits per heavy atom. The van der Waals surface area contributed by atoms with E-state index < -0.39 is 29.7 Å². The maximum absolute atomic E-state index is 13.8. The standard InChI is InChI=1S/C24H22F3N5O2/c1-14-12-31(13-28-14)19-5-3-15(9-20(19)33-2)4-6-21-29-24-23(34-8-7-32(24)30-21)16-10-17(25)22(27)18(26)11-16/h3-6,9-13,23-24H,7-8H2,1-2H3,(H,29,30)/b6-4+/t23-,24?/m1/s1. The van der Waals surface area contributed by atoms with Gasteiger partial charge in [0.2, 0.25) is 0 Å². The van der Waals surface area contributed by atoms with Gasteiger partial charge in [-0.1, -0.05) is 12.1 Å². The van der Waals surface area contributed by atoms with E-state index in [1.807, 2.05) is 47.0 Å². The number of rotatable bonds is 5. The maximum atomic E-state index is 13.8. The average molecular weight is 469 g/mol. The van der Waals surface area contributed by atoms with Gasteiger partial charge in [-0.05, 0) is 48.4 Å². The predicted octanol–water partition coefficient (Wildman–Crippen LogP) is 3.94. The molecule has 176 valence electrons. The molecule has 34 heavy (non-hydrogen) atoms. The molecule has 0 amide bonds. The van der Waals surface area contributed by atoms with E-state index in [1.165, 1.54) is 0 Å². The molecule has 0 aliphatic carbocycles. The first-order valence-electron chi connectivity index (χ1n) is 10.7. The molecule has 5 rings (SSSR count). The topological polar surface area (TPSA) is 63.9 Å². The van der Waals surface area contributed by atoms with Gasteiger partial charge in [0.05, 0.1) is 31.4 Å². The van der Waals surface area contributed by atoms with Crippen LogP contribution < -0.4 is 10.2 Å². The summed E-state index contributed by atoms with van der Waals surface area (Å²) in [6.07, 6.45) is 6.04. The van der Waals surface area contributed by atoms with Crippen molar-refractivity contribution in [3.63, 3.8) is 0 Å². The number of methoxy groups -OCH3 is 1. The highest BCUT2D eigenvalue weighted by Crippen LogP contribution is 2.32. The molecule has 2 aromatic carbocycles. The number of hydrogen-bond donors (Lipinski definition) is 1. The number of ether oxygens (including phenoxy) is 2. The Bertz CT molecular complexity index is 1270. The number of aromatic nitrogens is 2. The minimum absolute atomic E-state index is 0.192. The molecule has 2 atom stereocenters. The van der Waals surface area contributed by atoms with Crippen molar-refractivity contribution in [2.75, 3.05) is 20.3 Å². The lowest BCUT2D eigenvalue weighted by atomic mass is 10.0. The number of imidazole rings is 1. The molecule has 2 aliphatic rings. The summed E-state index contributed by atoms with van der Waals surface area (Å²) in [6.45, 7) is 2.77. The number of aryl methyl sites for hydroxylation is 1. The molecule has 10 heteroatoms. The molecular formula is C24H22F3N5O2. The Kier molecular flexibility index (Phi) is 5.84. The van der Waals surface area contributed by atoms with E-state index >= 15 is 0 Å². The molecule has 0 bridgehead atoms. The maximum Gasteiger partial charge on any atom is 0.194 e. The number of hydrogen-bond acceptors (Lipinski definition) is 6. The van der Waals surface area contributed by atoms with E-state index in [4.69, 9.17) is 9.47 Å². The fourth-order valence-electron chi connectivity index (χ4n) is 4.07. The second kappa shape index (κ2) is 8.96. The summed E-state index contributed by atoms with van der Waals surface area (Å²) in [5.41, 5.74) is 6.04. The van der Waals surface area contributed by atoms with Crippen molar-refractivity contribution in [3.05, 3.63) is 83.2 Å². The normalized spacial score (nSPS) is 20.3. The predicted molar refractivity (Wildman–Crippen MR) is 120 cm³/mol. The van der Waals surface area contributed by atoms with Gasteiger partial charge in [0, 0.05) is 12.7 Å². The van der Waals surface area contributed by atoms with Crippen LogP contribution in [-0.4, -0.2) is 46.8 Å². The van der Waals surface area contributed by atoms with Crippen molar-refractivity contribution in [2.45, 2.75) is 19.2 Å². The third-order valence-electron chi connectivity index (χ3n) is 5.71. The van der Waals surface area contributed by atoms with Crippen LogP contribution in [0.5, 0.6) is 5.75 Å². The zero-order valence-corrected chi connectivity index (χ0v) is 18.5. The van der Waals surface area contributed by atoms with E-state index in [2.05, 4.69) is 15.4 Å². The molecule has 0 saturated carbocycles. The third-order valence-corrected chi connectivity index (χ3v) is 5.71. The van der Waals surface area contributed by atoms with Gasteiger partial charge in [-0.25, -0.2) is 23.1 Å². The van der Waals surface area contributed by atoms with Gasteiger partial charge in [0.1, 0.15) is 17.7 Å². The van der Waals surface area contributed by atoms with Gasteiger partial charge in [-0.15, -0.1) is 0 Å². The molecule has 2 aliphatic heterocycles. The monoisotopic (exact) mass is 469 g/mol. The van der Waals surface area contributed by atoms with E-state index in [0.717, 1.165) is 29.1 Å². The van der Waals surface area contributed by atoms with Crippen LogP contribution in [0.15, 0.2) is 53.9 Å². The molecule has 0 spiro atoms. The van der Waals surface area contributed by atoms with Gasteiger partial charge in [-0.2, -0.15) is 5.01 Å². The Morgan fingerprint density at radius 2 is 1.94 bits per heavy atom. The lowest BCUT2D eigenvalue weighted by Crippen LogP contribution is -2.49. The second-order valence-electron chi connectivity index (χ2n) is 8.01. The summed E-state index contributed by atoms with van der Waals surface area (Å²) in [7, 11) is 1.61. The summed E-state index contributed by atoms with van der Waals surface area (Å²) >= 11 is 0. The molecular weight excluding hydrogens is 447 g/mol. The number of aliphatic imine (C=N–C) groups is 1. The number of halogens is 3. The van der Waals surface area contributed by atoms with Crippen LogP contribution in [0, 0.1) is 24.4 Å². The Morgan fingerprint density at radius 1 is 1.15 bits per heavy atom. The molecule has 3 aromatic rings. The summed E-state index contributed by atoms with van der Waals surface area (Å²) in [5.74, 6) is -2.76. The molecule has 1 saturated heterocycles. The number of morpholine rings is 1. The van der Waals surface area contributed by atoms with Crippen LogP contribution in [0.4, 0.5) is 13.2 Å². The van der Waals surface area contributed by atoms with Gasteiger partial charge >= 0.3 is 0 Å². The molecule has 0 radical (unpaired) electrons. The van der Waals surface area contributed by atoms with Crippen LogP contribution in [0.25, 0.3) is 11.8 Å².